The highest BCUT2D eigenvalue weighted by molar-refractivity contribution is 7.12. The van der Waals surface area contributed by atoms with Gasteiger partial charge in [0.15, 0.2) is 0 Å². The average molecular weight is 361 g/mol. The van der Waals surface area contributed by atoms with Crippen LogP contribution in [0.4, 0.5) is 4.39 Å². The second kappa shape index (κ2) is 7.16. The van der Waals surface area contributed by atoms with E-state index in [9.17, 15) is 9.18 Å². The van der Waals surface area contributed by atoms with Gasteiger partial charge < -0.3 is 4.74 Å². The van der Waals surface area contributed by atoms with E-state index in [0.717, 1.165) is 16.7 Å². The fraction of sp³-hybridized carbons (Fsp3) is 0.105. The van der Waals surface area contributed by atoms with Gasteiger partial charge in [0.1, 0.15) is 17.3 Å². The summed E-state index contributed by atoms with van der Waals surface area (Å²) in [5.41, 5.74) is 3.08. The molecule has 122 valence electrons. The average Bonchev–Trinajstić information content (AvgIpc) is 3.04. The van der Waals surface area contributed by atoms with Gasteiger partial charge in [-0.2, -0.15) is 0 Å². The van der Waals surface area contributed by atoms with Crippen LogP contribution in [0.15, 0.2) is 53.9 Å². The standard InChI is InChI=1S/C19H14ClFO2S/c1-12-5-7-13(8-6-12)14-9-10-24-18(14)19(22)23-11-15-16(20)3-2-4-17(15)21/h2-10H,11H2,1H3. The molecule has 1 heterocycles. The molecule has 0 spiro atoms. The summed E-state index contributed by atoms with van der Waals surface area (Å²) in [6.45, 7) is 1.81. The number of halogens is 2. The maximum atomic E-state index is 13.8. The van der Waals surface area contributed by atoms with Gasteiger partial charge in [0.25, 0.3) is 0 Å². The largest absolute Gasteiger partial charge is 0.456 e. The third-order valence-corrected chi connectivity index (χ3v) is 4.87. The van der Waals surface area contributed by atoms with Gasteiger partial charge in [-0.25, -0.2) is 9.18 Å². The van der Waals surface area contributed by atoms with Crippen molar-refractivity contribution in [2.24, 2.45) is 0 Å². The maximum absolute atomic E-state index is 13.8. The molecule has 24 heavy (non-hydrogen) atoms. The highest BCUT2D eigenvalue weighted by Gasteiger charge is 2.17. The zero-order valence-electron chi connectivity index (χ0n) is 12.9. The third-order valence-electron chi connectivity index (χ3n) is 3.62. The topological polar surface area (TPSA) is 26.3 Å². The molecule has 2 nitrogen and oxygen atoms in total. The number of ether oxygens (including phenoxy) is 1. The molecular formula is C19H14ClFO2S. The summed E-state index contributed by atoms with van der Waals surface area (Å²) in [6.07, 6.45) is 0. The first-order valence-electron chi connectivity index (χ1n) is 7.31. The molecule has 0 N–H and O–H groups in total. The van der Waals surface area contributed by atoms with Crippen molar-refractivity contribution in [2.45, 2.75) is 13.5 Å². The second-order valence-electron chi connectivity index (χ2n) is 5.31. The van der Waals surface area contributed by atoms with E-state index in [1.54, 1.807) is 6.07 Å². The van der Waals surface area contributed by atoms with Gasteiger partial charge in [0, 0.05) is 11.1 Å². The molecule has 0 aliphatic carbocycles. The third kappa shape index (κ3) is 3.50. The minimum Gasteiger partial charge on any atom is -0.456 e. The van der Waals surface area contributed by atoms with Crippen LogP contribution in [0.5, 0.6) is 0 Å². The lowest BCUT2D eigenvalue weighted by Crippen LogP contribution is -2.06. The predicted molar refractivity (Wildman–Crippen MR) is 95.0 cm³/mol. The van der Waals surface area contributed by atoms with Crippen LogP contribution in [0.2, 0.25) is 5.02 Å². The Bertz CT molecular complexity index is 851. The lowest BCUT2D eigenvalue weighted by atomic mass is 10.1. The summed E-state index contributed by atoms with van der Waals surface area (Å²) >= 11 is 7.25. The number of aryl methyl sites for hydroxylation is 1. The molecule has 0 atom stereocenters. The molecule has 0 fully saturated rings. The van der Waals surface area contributed by atoms with Gasteiger partial charge in [-0.1, -0.05) is 47.5 Å². The molecule has 0 unspecified atom stereocenters. The van der Waals surface area contributed by atoms with Gasteiger partial charge >= 0.3 is 5.97 Å². The Kier molecular flexibility index (Phi) is 4.97. The maximum Gasteiger partial charge on any atom is 0.349 e. The van der Waals surface area contributed by atoms with Crippen LogP contribution < -0.4 is 0 Å². The van der Waals surface area contributed by atoms with E-state index in [4.69, 9.17) is 16.3 Å². The normalized spacial score (nSPS) is 10.6. The number of carbonyl (C=O) groups is 1. The lowest BCUT2D eigenvalue weighted by Gasteiger charge is -2.08. The Labute approximate surface area is 148 Å². The zero-order valence-corrected chi connectivity index (χ0v) is 14.5. The van der Waals surface area contributed by atoms with Crippen LogP contribution in [0, 0.1) is 12.7 Å². The molecule has 2 aromatic carbocycles. The monoisotopic (exact) mass is 360 g/mol. The summed E-state index contributed by atoms with van der Waals surface area (Å²) in [6, 6.07) is 14.1. The molecule has 0 radical (unpaired) electrons. The molecular weight excluding hydrogens is 347 g/mol. The molecule has 0 bridgehead atoms. The highest BCUT2D eigenvalue weighted by Crippen LogP contribution is 2.30. The van der Waals surface area contributed by atoms with Crippen molar-refractivity contribution < 1.29 is 13.9 Å². The molecule has 1 aromatic heterocycles. The van der Waals surface area contributed by atoms with Crippen molar-refractivity contribution in [3.8, 4) is 11.1 Å². The van der Waals surface area contributed by atoms with E-state index < -0.39 is 11.8 Å². The summed E-state index contributed by atoms with van der Waals surface area (Å²) in [5, 5.41) is 2.08. The van der Waals surface area contributed by atoms with E-state index in [-0.39, 0.29) is 17.2 Å². The van der Waals surface area contributed by atoms with Crippen molar-refractivity contribution in [3.63, 3.8) is 0 Å². The Balaban J connectivity index is 1.79. The smallest absolute Gasteiger partial charge is 0.349 e. The van der Waals surface area contributed by atoms with Crippen molar-refractivity contribution in [1.29, 1.82) is 0 Å². The number of carbonyl (C=O) groups excluding carboxylic acids is 1. The van der Waals surface area contributed by atoms with Crippen molar-refractivity contribution in [3.05, 3.63) is 80.8 Å². The Morgan fingerprint density at radius 3 is 2.62 bits per heavy atom. The van der Waals surface area contributed by atoms with E-state index in [0.29, 0.717) is 4.88 Å². The quantitative estimate of drug-likeness (QED) is 0.543. The number of benzene rings is 2. The SMILES string of the molecule is Cc1ccc(-c2ccsc2C(=O)OCc2c(F)cccc2Cl)cc1. The summed E-state index contributed by atoms with van der Waals surface area (Å²) in [7, 11) is 0. The van der Waals surface area contributed by atoms with Gasteiger partial charge in [-0.05, 0) is 36.1 Å². The summed E-state index contributed by atoms with van der Waals surface area (Å²) in [5.74, 6) is -0.972. The molecule has 0 saturated heterocycles. The van der Waals surface area contributed by atoms with Crippen molar-refractivity contribution >= 4 is 28.9 Å². The Morgan fingerprint density at radius 1 is 1.17 bits per heavy atom. The number of esters is 1. The first-order chi connectivity index (χ1) is 11.6. The van der Waals surface area contributed by atoms with Gasteiger partial charge in [0.05, 0.1) is 5.02 Å². The second-order valence-corrected chi connectivity index (χ2v) is 6.63. The van der Waals surface area contributed by atoms with E-state index in [2.05, 4.69) is 0 Å². The van der Waals surface area contributed by atoms with Gasteiger partial charge in [-0.15, -0.1) is 11.3 Å². The van der Waals surface area contributed by atoms with E-state index in [1.165, 1.54) is 23.5 Å². The minimum absolute atomic E-state index is 0.181. The molecule has 3 aromatic rings. The first-order valence-corrected chi connectivity index (χ1v) is 8.56. The molecule has 0 saturated carbocycles. The van der Waals surface area contributed by atoms with Crippen molar-refractivity contribution in [2.75, 3.05) is 0 Å². The fourth-order valence-corrected chi connectivity index (χ4v) is 3.33. The minimum atomic E-state index is -0.486. The number of rotatable bonds is 4. The van der Waals surface area contributed by atoms with Crippen LogP contribution in [0.25, 0.3) is 11.1 Å². The van der Waals surface area contributed by atoms with E-state index in [1.807, 2.05) is 42.6 Å². The predicted octanol–water partition coefficient (Wildman–Crippen LogP) is 5.87. The molecule has 0 aliphatic heterocycles. The molecule has 5 heteroatoms. The van der Waals surface area contributed by atoms with E-state index >= 15 is 0 Å². The van der Waals surface area contributed by atoms with Gasteiger partial charge in [0.2, 0.25) is 0 Å². The number of hydrogen-bond donors (Lipinski definition) is 0. The van der Waals surface area contributed by atoms with Crippen LogP contribution in [0.1, 0.15) is 20.8 Å². The fourth-order valence-electron chi connectivity index (χ4n) is 2.30. The van der Waals surface area contributed by atoms with Gasteiger partial charge in [-0.3, -0.25) is 0 Å². The number of hydrogen-bond acceptors (Lipinski definition) is 3. The molecule has 0 amide bonds. The zero-order chi connectivity index (χ0) is 17.1. The summed E-state index contributed by atoms with van der Waals surface area (Å²) in [4.78, 5) is 12.9. The first kappa shape index (κ1) is 16.7. The van der Waals surface area contributed by atoms with Crippen molar-refractivity contribution in [1.82, 2.24) is 0 Å². The molecule has 0 aliphatic rings. The molecule has 3 rings (SSSR count). The summed E-state index contributed by atoms with van der Waals surface area (Å²) < 4.78 is 19.0. The van der Waals surface area contributed by atoms with Crippen LogP contribution in [0.3, 0.4) is 0 Å². The van der Waals surface area contributed by atoms with Crippen LogP contribution in [-0.4, -0.2) is 5.97 Å². The Morgan fingerprint density at radius 2 is 1.92 bits per heavy atom. The highest BCUT2D eigenvalue weighted by atomic mass is 35.5. The van der Waals surface area contributed by atoms with Crippen LogP contribution >= 0.6 is 22.9 Å². The lowest BCUT2D eigenvalue weighted by molar-refractivity contribution is 0.0476. The number of thiophene rings is 1. The Hall–Kier alpha value is -2.17. The van der Waals surface area contributed by atoms with Crippen LogP contribution in [-0.2, 0) is 11.3 Å².